The zero-order valence-electron chi connectivity index (χ0n) is 17.9. The van der Waals surface area contributed by atoms with Crippen LogP contribution in [0.2, 0.25) is 0 Å². The fourth-order valence-corrected chi connectivity index (χ4v) is 3.89. The van der Waals surface area contributed by atoms with Crippen LogP contribution in [0.1, 0.15) is 32.7 Å². The lowest BCUT2D eigenvalue weighted by Crippen LogP contribution is -2.28. The summed E-state index contributed by atoms with van der Waals surface area (Å²) in [6.45, 7) is 0. The van der Waals surface area contributed by atoms with Crippen molar-refractivity contribution >= 4 is 29.2 Å². The topological polar surface area (TPSA) is 82.1 Å². The number of nitrogens with zero attached hydrogens (tertiary/aromatic N) is 1. The molecule has 2 aromatic rings. The van der Waals surface area contributed by atoms with Crippen molar-refractivity contribution in [1.29, 1.82) is 0 Å². The van der Waals surface area contributed by atoms with E-state index in [0.29, 0.717) is 12.0 Å². The number of fused-ring (bicyclic) bond motifs is 2. The minimum atomic E-state index is -0.664. The normalized spacial score (nSPS) is 14.2. The van der Waals surface area contributed by atoms with Crippen molar-refractivity contribution in [3.63, 3.8) is 0 Å². The Bertz CT molecular complexity index is 1190. The van der Waals surface area contributed by atoms with Crippen LogP contribution in [0.4, 0.5) is 5.69 Å². The number of allylic oxidation sites excluding steroid dienone is 4. The molecule has 0 atom stereocenters. The molecule has 32 heavy (non-hydrogen) atoms. The first kappa shape index (κ1) is 21.1. The molecule has 162 valence electrons. The molecule has 7 heteroatoms. The Hall–Kier alpha value is -4.13. The maximum absolute atomic E-state index is 13.4. The zero-order chi connectivity index (χ0) is 22.8. The molecular weight excluding hydrogens is 410 g/mol. The second-order valence-corrected chi connectivity index (χ2v) is 7.23. The van der Waals surface area contributed by atoms with E-state index in [1.165, 1.54) is 32.4 Å². The number of hydrogen-bond donors (Lipinski definition) is 0. The Morgan fingerprint density at radius 3 is 2.22 bits per heavy atom. The number of likely N-dealkylation sites (N-methyl/N-ethyl adjacent to an activating group) is 1. The summed E-state index contributed by atoms with van der Waals surface area (Å²) in [5, 5.41) is 0. The van der Waals surface area contributed by atoms with Gasteiger partial charge in [0, 0.05) is 24.0 Å². The number of carbonyl (C=O) groups excluding carboxylic acids is 3. The van der Waals surface area contributed by atoms with E-state index < -0.39 is 17.9 Å². The molecule has 0 saturated carbocycles. The van der Waals surface area contributed by atoms with Crippen molar-refractivity contribution in [3.05, 3.63) is 88.7 Å². The molecule has 1 aliphatic heterocycles. The minimum absolute atomic E-state index is 0.0414. The number of esters is 3. The molecule has 0 N–H and O–H groups in total. The highest BCUT2D eigenvalue weighted by Gasteiger charge is 2.31. The van der Waals surface area contributed by atoms with Crippen LogP contribution in [0, 0.1) is 0 Å². The first-order valence-corrected chi connectivity index (χ1v) is 9.92. The Balaban J connectivity index is 1.78. The van der Waals surface area contributed by atoms with Crippen LogP contribution in [0.25, 0.3) is 5.57 Å². The highest BCUT2D eigenvalue weighted by Crippen LogP contribution is 2.42. The first-order chi connectivity index (χ1) is 15.4. The highest BCUT2D eigenvalue weighted by atomic mass is 16.5. The number of para-hydroxylation sites is 1. The second kappa shape index (κ2) is 8.55. The molecule has 0 unspecified atom stereocenters. The molecule has 0 spiro atoms. The van der Waals surface area contributed by atoms with Crippen LogP contribution < -0.4 is 9.64 Å². The van der Waals surface area contributed by atoms with Gasteiger partial charge in [-0.25, -0.2) is 14.4 Å². The molecule has 0 radical (unpaired) electrons. The molecule has 0 fully saturated rings. The molecule has 0 amide bonds. The van der Waals surface area contributed by atoms with Crippen LogP contribution in [0.5, 0.6) is 5.75 Å². The predicted molar refractivity (Wildman–Crippen MR) is 118 cm³/mol. The Morgan fingerprint density at radius 1 is 0.906 bits per heavy atom. The molecule has 0 saturated heterocycles. The van der Waals surface area contributed by atoms with E-state index >= 15 is 0 Å². The van der Waals surface area contributed by atoms with Gasteiger partial charge in [0.05, 0.1) is 30.9 Å². The lowest BCUT2D eigenvalue weighted by Gasteiger charge is -2.34. The number of benzene rings is 2. The van der Waals surface area contributed by atoms with Crippen LogP contribution in [-0.2, 0) is 14.3 Å². The van der Waals surface area contributed by atoms with E-state index in [1.54, 1.807) is 0 Å². The third kappa shape index (κ3) is 3.69. The molecule has 0 bridgehead atoms. The van der Waals surface area contributed by atoms with E-state index in [-0.39, 0.29) is 16.9 Å². The third-order valence-electron chi connectivity index (χ3n) is 5.38. The average Bonchev–Trinajstić information content (AvgIpc) is 2.83. The van der Waals surface area contributed by atoms with E-state index in [1.807, 2.05) is 54.4 Å². The van der Waals surface area contributed by atoms with Gasteiger partial charge in [-0.3, -0.25) is 0 Å². The number of carbonyl (C=O) groups is 3. The van der Waals surface area contributed by atoms with E-state index in [4.69, 9.17) is 14.2 Å². The van der Waals surface area contributed by atoms with E-state index in [0.717, 1.165) is 22.5 Å². The summed E-state index contributed by atoms with van der Waals surface area (Å²) < 4.78 is 15.2. The Labute approximate surface area is 185 Å². The smallest absolute Gasteiger partial charge is 0.344 e. The largest absolute Gasteiger partial charge is 0.465 e. The van der Waals surface area contributed by atoms with Gasteiger partial charge in [-0.2, -0.15) is 0 Å². The van der Waals surface area contributed by atoms with Crippen molar-refractivity contribution in [2.45, 2.75) is 6.42 Å². The van der Waals surface area contributed by atoms with E-state index in [2.05, 4.69) is 0 Å². The van der Waals surface area contributed by atoms with Gasteiger partial charge in [-0.15, -0.1) is 0 Å². The molecular formula is C25H21NO6. The summed E-state index contributed by atoms with van der Waals surface area (Å²) in [5.41, 5.74) is 3.97. The molecule has 2 aliphatic rings. The lowest BCUT2D eigenvalue weighted by atomic mass is 9.87. The van der Waals surface area contributed by atoms with Crippen LogP contribution in [0.15, 0.2) is 72.0 Å². The first-order valence-electron chi connectivity index (χ1n) is 9.92. The molecule has 7 nitrogen and oxygen atoms in total. The Morgan fingerprint density at radius 2 is 1.56 bits per heavy atom. The summed E-state index contributed by atoms with van der Waals surface area (Å²) in [7, 11) is 4.41. The van der Waals surface area contributed by atoms with Gasteiger partial charge >= 0.3 is 17.9 Å². The zero-order valence-corrected chi connectivity index (χ0v) is 17.9. The quantitative estimate of drug-likeness (QED) is 0.536. The van der Waals surface area contributed by atoms with Crippen molar-refractivity contribution in [2.24, 2.45) is 0 Å². The van der Waals surface area contributed by atoms with Crippen LogP contribution >= 0.6 is 0 Å². The molecule has 1 heterocycles. The number of methoxy groups -OCH3 is 2. The second-order valence-electron chi connectivity index (χ2n) is 7.23. The highest BCUT2D eigenvalue weighted by molar-refractivity contribution is 6.22. The molecule has 4 rings (SSSR count). The monoisotopic (exact) mass is 431 g/mol. The number of hydrogen-bond acceptors (Lipinski definition) is 7. The van der Waals surface area contributed by atoms with Crippen molar-refractivity contribution < 1.29 is 28.6 Å². The minimum Gasteiger partial charge on any atom is -0.465 e. The van der Waals surface area contributed by atoms with Gasteiger partial charge in [0.2, 0.25) is 0 Å². The lowest BCUT2D eigenvalue weighted by molar-refractivity contribution is -0.128. The number of rotatable bonds is 4. The SMILES string of the molecule is COC(=O)c1cc(OC(=O)C2=C3CC=CC=C3N(C)c3ccccc32)cc(C(=O)OC)c1. The third-order valence-corrected chi connectivity index (χ3v) is 5.38. The van der Waals surface area contributed by atoms with Gasteiger partial charge < -0.3 is 19.1 Å². The Kier molecular flexibility index (Phi) is 5.64. The van der Waals surface area contributed by atoms with Gasteiger partial charge in [-0.05, 0) is 42.3 Å². The molecule has 1 aliphatic carbocycles. The summed E-state index contributed by atoms with van der Waals surface area (Å²) >= 11 is 0. The maximum atomic E-state index is 13.4. The standard InChI is InChI=1S/C25H21NO6/c1-26-20-10-6-4-8-18(20)22(19-9-5-7-11-21(19)26)25(29)32-17-13-15(23(27)30-2)12-16(14-17)24(28)31-3/h4-8,10-14H,9H2,1-3H3. The van der Waals surface area contributed by atoms with Crippen LogP contribution in [0.3, 0.4) is 0 Å². The average molecular weight is 431 g/mol. The summed E-state index contributed by atoms with van der Waals surface area (Å²) in [4.78, 5) is 39.6. The van der Waals surface area contributed by atoms with Crippen LogP contribution in [-0.4, -0.2) is 39.2 Å². The maximum Gasteiger partial charge on any atom is 0.344 e. The fraction of sp³-hybridized carbons (Fsp3) is 0.160. The fourth-order valence-electron chi connectivity index (χ4n) is 3.89. The predicted octanol–water partition coefficient (Wildman–Crippen LogP) is 3.91. The van der Waals surface area contributed by atoms with Crippen molar-refractivity contribution in [3.8, 4) is 5.75 Å². The van der Waals surface area contributed by atoms with E-state index in [9.17, 15) is 14.4 Å². The van der Waals surface area contributed by atoms with Gasteiger partial charge in [0.1, 0.15) is 5.75 Å². The molecule has 2 aromatic carbocycles. The number of ether oxygens (including phenoxy) is 3. The van der Waals surface area contributed by atoms with Crippen molar-refractivity contribution in [1.82, 2.24) is 0 Å². The van der Waals surface area contributed by atoms with Gasteiger partial charge in [-0.1, -0.05) is 30.4 Å². The molecule has 0 aromatic heterocycles. The van der Waals surface area contributed by atoms with Crippen molar-refractivity contribution in [2.75, 3.05) is 26.2 Å². The van der Waals surface area contributed by atoms with Gasteiger partial charge in [0.25, 0.3) is 0 Å². The van der Waals surface area contributed by atoms with Gasteiger partial charge in [0.15, 0.2) is 0 Å². The number of anilines is 1. The summed E-state index contributed by atoms with van der Waals surface area (Å²) in [6.07, 6.45) is 6.45. The summed E-state index contributed by atoms with van der Waals surface area (Å²) in [6, 6.07) is 11.6. The summed E-state index contributed by atoms with van der Waals surface area (Å²) in [5.74, 6) is -1.87.